The first kappa shape index (κ1) is 20.4. The molecule has 0 amide bonds. The van der Waals surface area contributed by atoms with Gasteiger partial charge in [0.2, 0.25) is 0 Å². The van der Waals surface area contributed by atoms with Crippen molar-refractivity contribution in [2.45, 2.75) is 31.7 Å². The first-order valence-corrected chi connectivity index (χ1v) is 10.7. The molecular weight excluding hydrogens is 461 g/mol. The van der Waals surface area contributed by atoms with Gasteiger partial charge in [-0.3, -0.25) is 9.69 Å². The van der Waals surface area contributed by atoms with Gasteiger partial charge in [0.05, 0.1) is 6.54 Å². The molecule has 1 unspecified atom stereocenters. The fraction of sp³-hybridized carbons (Fsp3) is 0.650. The topological polar surface area (TPSA) is 35.6 Å². The van der Waals surface area contributed by atoms with Crippen LogP contribution in [0.25, 0.3) is 0 Å². The highest BCUT2D eigenvalue weighted by atomic mass is 127. The summed E-state index contributed by atoms with van der Waals surface area (Å²) in [4.78, 5) is 15.9. The second kappa shape index (κ2) is 9.22. The summed E-state index contributed by atoms with van der Waals surface area (Å²) in [5.74, 6) is 1.81. The van der Waals surface area contributed by atoms with E-state index in [-0.39, 0.29) is 12.4 Å². The minimum atomic E-state index is 0. The van der Waals surface area contributed by atoms with E-state index in [1.54, 1.807) is 0 Å². The standard InChI is InChI=1S/C13H17IN2.C7H11NO.ClH/c14-11-1-3-12(4-2-11)15-13-9-16-7-5-10(13)6-8-16;9-7-5-8-3-1-6(7)2-4-8;/h1-4,10,13,15H,5-9H2;6H,1-5H2;1H. The van der Waals surface area contributed by atoms with Crippen LogP contribution in [0.4, 0.5) is 5.69 Å². The van der Waals surface area contributed by atoms with Gasteiger partial charge in [-0.25, -0.2) is 0 Å². The van der Waals surface area contributed by atoms with E-state index >= 15 is 0 Å². The first-order chi connectivity index (χ1) is 12.2. The molecule has 0 saturated carbocycles. The second-order valence-corrected chi connectivity index (χ2v) is 9.16. The number of nitrogens with zero attached hydrogens (tertiary/aromatic N) is 2. The van der Waals surface area contributed by atoms with Crippen LogP contribution in [0.3, 0.4) is 0 Å². The third-order valence-electron chi connectivity index (χ3n) is 6.27. The van der Waals surface area contributed by atoms with Gasteiger partial charge in [0.25, 0.3) is 0 Å². The van der Waals surface area contributed by atoms with Gasteiger partial charge in [0, 0.05) is 27.8 Å². The van der Waals surface area contributed by atoms with Crippen molar-refractivity contribution in [3.8, 4) is 0 Å². The Labute approximate surface area is 176 Å². The number of Topliss-reactive ketones (excluding diaryl/α,β-unsaturated/α-hetero) is 1. The van der Waals surface area contributed by atoms with Gasteiger partial charge in [0.15, 0.2) is 0 Å². The summed E-state index contributed by atoms with van der Waals surface area (Å²) in [6.45, 7) is 6.93. The molecule has 4 nitrogen and oxygen atoms in total. The molecule has 6 heteroatoms. The number of carbonyl (C=O) groups is 1. The van der Waals surface area contributed by atoms with Crippen LogP contribution in [0.2, 0.25) is 0 Å². The van der Waals surface area contributed by atoms with Gasteiger partial charge >= 0.3 is 0 Å². The second-order valence-electron chi connectivity index (χ2n) is 7.91. The summed E-state index contributed by atoms with van der Waals surface area (Å²) in [5, 5.41) is 3.69. The van der Waals surface area contributed by atoms with Crippen LogP contribution in [0, 0.1) is 15.4 Å². The first-order valence-electron chi connectivity index (χ1n) is 9.67. The molecule has 6 fully saturated rings. The molecule has 1 atom stereocenters. The van der Waals surface area contributed by atoms with E-state index in [2.05, 4.69) is 62.0 Å². The molecule has 1 aromatic rings. The van der Waals surface area contributed by atoms with Crippen LogP contribution < -0.4 is 5.32 Å². The van der Waals surface area contributed by atoms with Crippen LogP contribution in [-0.4, -0.2) is 60.9 Å². The number of carbonyl (C=O) groups excluding carboxylic acids is 1. The summed E-state index contributed by atoms with van der Waals surface area (Å²) in [6, 6.07) is 9.40. The fourth-order valence-corrected chi connectivity index (χ4v) is 5.01. The smallest absolute Gasteiger partial charge is 0.149 e. The minimum absolute atomic E-state index is 0. The Balaban J connectivity index is 0.000000167. The number of nitrogens with one attached hydrogen (secondary N) is 1. The van der Waals surface area contributed by atoms with E-state index in [1.165, 1.54) is 41.7 Å². The molecule has 0 spiro atoms. The number of hydrogen-bond acceptors (Lipinski definition) is 4. The summed E-state index contributed by atoms with van der Waals surface area (Å²) in [7, 11) is 0. The SMILES string of the molecule is Cl.Ic1ccc(NC2CN3CCC2CC3)cc1.O=C1CN2CCC1CC2. The maximum Gasteiger partial charge on any atom is 0.149 e. The lowest BCUT2D eigenvalue weighted by atomic mass is 9.84. The van der Waals surface area contributed by atoms with E-state index in [1.807, 2.05) is 0 Å². The molecule has 6 saturated heterocycles. The van der Waals surface area contributed by atoms with E-state index in [0.29, 0.717) is 17.7 Å². The lowest BCUT2D eigenvalue weighted by Crippen LogP contribution is -2.53. The number of fused-ring (bicyclic) bond motifs is 6. The predicted octanol–water partition coefficient (Wildman–Crippen LogP) is 3.50. The number of piperidine rings is 6. The molecule has 6 aliphatic heterocycles. The molecule has 4 bridgehead atoms. The average Bonchev–Trinajstić information content (AvgIpc) is 2.66. The van der Waals surface area contributed by atoms with Gasteiger partial charge < -0.3 is 10.2 Å². The molecule has 144 valence electrons. The highest BCUT2D eigenvalue weighted by Crippen LogP contribution is 2.29. The molecular formula is C20H29ClIN3O. The monoisotopic (exact) mass is 489 g/mol. The van der Waals surface area contributed by atoms with Crippen molar-refractivity contribution < 1.29 is 4.79 Å². The van der Waals surface area contributed by atoms with Crippen molar-refractivity contribution in [1.29, 1.82) is 0 Å². The van der Waals surface area contributed by atoms with Crippen molar-refractivity contribution in [2.24, 2.45) is 11.8 Å². The number of anilines is 1. The highest BCUT2D eigenvalue weighted by molar-refractivity contribution is 14.1. The zero-order valence-corrected chi connectivity index (χ0v) is 18.2. The Morgan fingerprint density at radius 3 is 1.96 bits per heavy atom. The van der Waals surface area contributed by atoms with Crippen molar-refractivity contribution in [2.75, 3.05) is 44.6 Å². The van der Waals surface area contributed by atoms with Gasteiger partial charge in [-0.05, 0) is 105 Å². The zero-order valence-electron chi connectivity index (χ0n) is 15.2. The van der Waals surface area contributed by atoms with Crippen LogP contribution in [-0.2, 0) is 4.79 Å². The van der Waals surface area contributed by atoms with Crippen LogP contribution in [0.15, 0.2) is 24.3 Å². The summed E-state index contributed by atoms with van der Waals surface area (Å²) >= 11 is 2.35. The molecule has 6 heterocycles. The normalized spacial score (nSPS) is 34.5. The third-order valence-corrected chi connectivity index (χ3v) is 6.99. The molecule has 0 aromatic heterocycles. The largest absolute Gasteiger partial charge is 0.381 e. The highest BCUT2D eigenvalue weighted by Gasteiger charge is 2.34. The number of halogens is 2. The fourth-order valence-electron chi connectivity index (χ4n) is 4.65. The lowest BCUT2D eigenvalue weighted by molar-refractivity contribution is -0.130. The molecule has 0 aliphatic carbocycles. The Bertz CT molecular complexity index is 596. The van der Waals surface area contributed by atoms with Crippen LogP contribution in [0.1, 0.15) is 25.7 Å². The van der Waals surface area contributed by atoms with Crippen molar-refractivity contribution in [1.82, 2.24) is 9.80 Å². The molecule has 7 rings (SSSR count). The molecule has 0 radical (unpaired) electrons. The minimum Gasteiger partial charge on any atom is -0.381 e. The quantitative estimate of drug-likeness (QED) is 0.645. The van der Waals surface area contributed by atoms with Crippen molar-refractivity contribution in [3.05, 3.63) is 27.8 Å². The Morgan fingerprint density at radius 1 is 0.923 bits per heavy atom. The summed E-state index contributed by atoms with van der Waals surface area (Å²) < 4.78 is 1.30. The summed E-state index contributed by atoms with van der Waals surface area (Å²) in [6.07, 6.45) is 5.00. The number of ketones is 1. The molecule has 6 aliphatic rings. The molecule has 26 heavy (non-hydrogen) atoms. The van der Waals surface area contributed by atoms with Gasteiger partial charge in [-0.15, -0.1) is 12.4 Å². The number of benzene rings is 1. The van der Waals surface area contributed by atoms with E-state index in [4.69, 9.17) is 0 Å². The Hall–Kier alpha value is -0.370. The maximum atomic E-state index is 11.0. The lowest BCUT2D eigenvalue weighted by Gasteiger charge is -2.45. The van der Waals surface area contributed by atoms with E-state index in [0.717, 1.165) is 38.4 Å². The Kier molecular flexibility index (Phi) is 7.22. The van der Waals surface area contributed by atoms with E-state index < -0.39 is 0 Å². The van der Waals surface area contributed by atoms with Crippen LogP contribution >= 0.6 is 35.0 Å². The third kappa shape index (κ3) is 4.91. The Morgan fingerprint density at radius 2 is 1.54 bits per heavy atom. The maximum absolute atomic E-state index is 11.0. The van der Waals surface area contributed by atoms with E-state index in [9.17, 15) is 4.79 Å². The zero-order chi connectivity index (χ0) is 17.2. The van der Waals surface area contributed by atoms with Gasteiger partial charge in [-0.1, -0.05) is 0 Å². The predicted molar refractivity (Wildman–Crippen MR) is 117 cm³/mol. The van der Waals surface area contributed by atoms with Crippen LogP contribution in [0.5, 0.6) is 0 Å². The van der Waals surface area contributed by atoms with Gasteiger partial charge in [-0.2, -0.15) is 0 Å². The molecule has 1 aromatic carbocycles. The molecule has 1 N–H and O–H groups in total. The van der Waals surface area contributed by atoms with Crippen molar-refractivity contribution >= 4 is 46.5 Å². The number of hydrogen-bond donors (Lipinski definition) is 1. The van der Waals surface area contributed by atoms with Gasteiger partial charge in [0.1, 0.15) is 5.78 Å². The summed E-state index contributed by atoms with van der Waals surface area (Å²) in [5.41, 5.74) is 1.28. The average molecular weight is 490 g/mol. The number of rotatable bonds is 2. The van der Waals surface area contributed by atoms with Crippen molar-refractivity contribution in [3.63, 3.8) is 0 Å².